The number of piperidine rings is 1. The Morgan fingerprint density at radius 2 is 2.11 bits per heavy atom. The quantitative estimate of drug-likeness (QED) is 0.637. The van der Waals surface area contributed by atoms with Gasteiger partial charge in [-0.05, 0) is 43.9 Å². The van der Waals surface area contributed by atoms with Crippen molar-refractivity contribution in [1.82, 2.24) is 0 Å². The summed E-state index contributed by atoms with van der Waals surface area (Å²) in [5.41, 5.74) is 7.22. The van der Waals surface area contributed by atoms with Gasteiger partial charge in [-0.3, -0.25) is 5.41 Å². The fourth-order valence-electron chi connectivity index (χ4n) is 2.55. The third-order valence-corrected chi connectivity index (χ3v) is 4.00. The number of nitrogens with zero attached hydrogens (tertiary/aromatic N) is 1. The zero-order valence-electron chi connectivity index (χ0n) is 10.9. The van der Waals surface area contributed by atoms with Crippen LogP contribution in [0.25, 0.3) is 0 Å². The second kappa shape index (κ2) is 5.19. The molecule has 0 aliphatic carbocycles. The number of benzene rings is 1. The van der Waals surface area contributed by atoms with Crippen LogP contribution in [-0.4, -0.2) is 18.4 Å². The summed E-state index contributed by atoms with van der Waals surface area (Å²) in [6, 6.07) is 6.32. The van der Waals surface area contributed by atoms with Gasteiger partial charge in [0.25, 0.3) is 0 Å². The van der Waals surface area contributed by atoms with Gasteiger partial charge in [-0.15, -0.1) is 0 Å². The van der Waals surface area contributed by atoms with Crippen LogP contribution in [-0.2, 0) is 0 Å². The maximum atomic E-state index is 7.44. The summed E-state index contributed by atoms with van der Waals surface area (Å²) in [6.45, 7) is 5.60. The Labute approximate surface area is 113 Å². The summed E-state index contributed by atoms with van der Waals surface area (Å²) < 4.78 is 0. The molecule has 1 aromatic rings. The Kier molecular flexibility index (Phi) is 3.81. The summed E-state index contributed by atoms with van der Waals surface area (Å²) in [5, 5.41) is 8.00. The van der Waals surface area contributed by atoms with Crippen molar-refractivity contribution in [3.63, 3.8) is 0 Å². The topological polar surface area (TPSA) is 53.1 Å². The van der Waals surface area contributed by atoms with E-state index in [2.05, 4.69) is 18.7 Å². The van der Waals surface area contributed by atoms with Crippen molar-refractivity contribution < 1.29 is 0 Å². The highest BCUT2D eigenvalue weighted by molar-refractivity contribution is 6.34. The molecule has 98 valence electrons. The van der Waals surface area contributed by atoms with Gasteiger partial charge in [-0.2, -0.15) is 0 Å². The zero-order chi connectivity index (χ0) is 13.3. The summed E-state index contributed by atoms with van der Waals surface area (Å²) in [7, 11) is 0. The van der Waals surface area contributed by atoms with E-state index < -0.39 is 0 Å². The van der Waals surface area contributed by atoms with Crippen molar-refractivity contribution in [2.45, 2.75) is 32.7 Å². The van der Waals surface area contributed by atoms with Crippen LogP contribution in [0.5, 0.6) is 0 Å². The van der Waals surface area contributed by atoms with E-state index in [9.17, 15) is 0 Å². The molecular weight excluding hydrogens is 246 g/mol. The van der Waals surface area contributed by atoms with E-state index in [-0.39, 0.29) is 5.84 Å². The lowest BCUT2D eigenvalue weighted by atomic mass is 9.94. The zero-order valence-corrected chi connectivity index (χ0v) is 11.7. The molecule has 1 aromatic carbocycles. The van der Waals surface area contributed by atoms with Gasteiger partial charge in [0.1, 0.15) is 5.84 Å². The number of amidine groups is 1. The average molecular weight is 266 g/mol. The first-order chi connectivity index (χ1) is 8.49. The van der Waals surface area contributed by atoms with Crippen LogP contribution < -0.4 is 10.6 Å². The molecule has 0 radical (unpaired) electrons. The van der Waals surface area contributed by atoms with E-state index in [1.807, 2.05) is 18.2 Å². The first-order valence-electron chi connectivity index (χ1n) is 6.39. The minimum Gasteiger partial charge on any atom is -0.384 e. The first-order valence-corrected chi connectivity index (χ1v) is 6.77. The molecule has 0 amide bonds. The van der Waals surface area contributed by atoms with Gasteiger partial charge in [-0.25, -0.2) is 0 Å². The van der Waals surface area contributed by atoms with E-state index in [0.717, 1.165) is 12.2 Å². The van der Waals surface area contributed by atoms with Crippen molar-refractivity contribution in [2.24, 2.45) is 11.7 Å². The SMILES string of the molecule is CC1CCC(C)N(c2ccc(C(=N)N)c(Cl)c2)C1. The molecule has 2 rings (SSSR count). The number of nitrogens with two attached hydrogens (primary N) is 1. The van der Waals surface area contributed by atoms with Crippen molar-refractivity contribution in [3.8, 4) is 0 Å². The number of anilines is 1. The monoisotopic (exact) mass is 265 g/mol. The number of rotatable bonds is 2. The van der Waals surface area contributed by atoms with Crippen LogP contribution in [0.3, 0.4) is 0 Å². The smallest absolute Gasteiger partial charge is 0.124 e. The summed E-state index contributed by atoms with van der Waals surface area (Å²) in [6.07, 6.45) is 2.50. The molecule has 0 spiro atoms. The molecule has 0 bridgehead atoms. The average Bonchev–Trinajstić information content (AvgIpc) is 2.31. The molecule has 4 heteroatoms. The maximum absolute atomic E-state index is 7.44. The molecule has 1 heterocycles. The normalized spacial score (nSPS) is 24.1. The Morgan fingerprint density at radius 1 is 1.39 bits per heavy atom. The van der Waals surface area contributed by atoms with Gasteiger partial charge < -0.3 is 10.6 Å². The molecular formula is C14H20ClN3. The van der Waals surface area contributed by atoms with Crippen molar-refractivity contribution in [2.75, 3.05) is 11.4 Å². The summed E-state index contributed by atoms with van der Waals surface area (Å²) in [5.74, 6) is 0.735. The highest BCUT2D eigenvalue weighted by Crippen LogP contribution is 2.30. The fraction of sp³-hybridized carbons (Fsp3) is 0.500. The lowest BCUT2D eigenvalue weighted by Crippen LogP contribution is -2.41. The Hall–Kier alpha value is -1.22. The molecule has 0 aromatic heterocycles. The van der Waals surface area contributed by atoms with E-state index in [1.54, 1.807) is 0 Å². The molecule has 1 aliphatic rings. The Balaban J connectivity index is 2.28. The molecule has 1 aliphatic heterocycles. The molecule has 0 saturated carbocycles. The van der Waals surface area contributed by atoms with E-state index >= 15 is 0 Å². The number of hydrogen-bond acceptors (Lipinski definition) is 2. The summed E-state index contributed by atoms with van der Waals surface area (Å²) >= 11 is 6.18. The molecule has 3 nitrogen and oxygen atoms in total. The van der Waals surface area contributed by atoms with Crippen LogP contribution in [0, 0.1) is 11.3 Å². The fourth-order valence-corrected chi connectivity index (χ4v) is 2.83. The lowest BCUT2D eigenvalue weighted by Gasteiger charge is -2.38. The van der Waals surface area contributed by atoms with Gasteiger partial charge in [-0.1, -0.05) is 18.5 Å². The molecule has 3 N–H and O–H groups in total. The summed E-state index contributed by atoms with van der Waals surface area (Å²) in [4.78, 5) is 2.39. The van der Waals surface area contributed by atoms with Crippen LogP contribution >= 0.6 is 11.6 Å². The lowest BCUT2D eigenvalue weighted by molar-refractivity contribution is 0.390. The van der Waals surface area contributed by atoms with E-state index in [1.165, 1.54) is 12.8 Å². The number of halogens is 1. The molecule has 2 unspecified atom stereocenters. The van der Waals surface area contributed by atoms with E-state index in [4.69, 9.17) is 22.7 Å². The first kappa shape index (κ1) is 13.2. The van der Waals surface area contributed by atoms with Crippen molar-refractivity contribution in [1.29, 1.82) is 5.41 Å². The predicted molar refractivity (Wildman–Crippen MR) is 77.7 cm³/mol. The minimum absolute atomic E-state index is 0.0200. The van der Waals surface area contributed by atoms with Crippen molar-refractivity contribution in [3.05, 3.63) is 28.8 Å². The second-order valence-electron chi connectivity index (χ2n) is 5.26. The Bertz CT molecular complexity index is 458. The highest BCUT2D eigenvalue weighted by Gasteiger charge is 2.23. The minimum atomic E-state index is 0.0200. The molecule has 1 fully saturated rings. The molecule has 18 heavy (non-hydrogen) atoms. The molecule has 1 saturated heterocycles. The van der Waals surface area contributed by atoms with Crippen LogP contribution in [0.15, 0.2) is 18.2 Å². The van der Waals surface area contributed by atoms with Gasteiger partial charge in [0.15, 0.2) is 0 Å². The van der Waals surface area contributed by atoms with Crippen LogP contribution in [0.4, 0.5) is 5.69 Å². The van der Waals surface area contributed by atoms with E-state index in [0.29, 0.717) is 22.5 Å². The highest BCUT2D eigenvalue weighted by atomic mass is 35.5. The van der Waals surface area contributed by atoms with Crippen LogP contribution in [0.2, 0.25) is 5.02 Å². The third kappa shape index (κ3) is 2.61. The standard InChI is InChI=1S/C14H20ClN3/c1-9-3-4-10(2)18(8-9)11-5-6-12(14(16)17)13(15)7-11/h5-7,9-10H,3-4,8H2,1-2H3,(H3,16,17). The number of nitrogen functional groups attached to an aromatic ring is 1. The van der Waals surface area contributed by atoms with Crippen molar-refractivity contribution >= 4 is 23.1 Å². The van der Waals surface area contributed by atoms with Gasteiger partial charge in [0.05, 0.1) is 5.02 Å². The Morgan fingerprint density at radius 3 is 2.72 bits per heavy atom. The largest absolute Gasteiger partial charge is 0.384 e. The predicted octanol–water partition coefficient (Wildman–Crippen LogP) is 3.25. The van der Waals surface area contributed by atoms with Gasteiger partial charge in [0.2, 0.25) is 0 Å². The van der Waals surface area contributed by atoms with Gasteiger partial charge in [0, 0.05) is 23.8 Å². The number of hydrogen-bond donors (Lipinski definition) is 2. The van der Waals surface area contributed by atoms with Gasteiger partial charge >= 0.3 is 0 Å². The maximum Gasteiger partial charge on any atom is 0.124 e. The third-order valence-electron chi connectivity index (χ3n) is 3.69. The van der Waals surface area contributed by atoms with Crippen LogP contribution in [0.1, 0.15) is 32.3 Å². The molecule has 2 atom stereocenters. The number of nitrogens with one attached hydrogen (secondary N) is 1. The second-order valence-corrected chi connectivity index (χ2v) is 5.67.